The Morgan fingerprint density at radius 2 is 2.20 bits per heavy atom. The first-order chi connectivity index (χ1) is 7.09. The second-order valence-corrected chi connectivity index (χ2v) is 4.35. The van der Waals surface area contributed by atoms with Crippen LogP contribution in [0.4, 0.5) is 0 Å². The lowest BCUT2D eigenvalue weighted by atomic mass is 9.95. The number of carboxylic acids is 1. The molecule has 1 atom stereocenters. The van der Waals surface area contributed by atoms with Crippen LogP contribution in [0.1, 0.15) is 11.1 Å². The number of hydrogen-bond acceptors (Lipinski definition) is 3. The van der Waals surface area contributed by atoms with Crippen molar-refractivity contribution < 1.29 is 15.0 Å². The summed E-state index contributed by atoms with van der Waals surface area (Å²) in [6.45, 7) is 0.386. The lowest BCUT2D eigenvalue weighted by Crippen LogP contribution is -2.41. The Morgan fingerprint density at radius 1 is 1.47 bits per heavy atom. The van der Waals surface area contributed by atoms with E-state index in [4.69, 9.17) is 5.11 Å². The highest BCUT2D eigenvalue weighted by Gasteiger charge is 2.26. The van der Waals surface area contributed by atoms with E-state index in [0.29, 0.717) is 13.0 Å². The Hall–Kier alpha value is -1.07. The maximum absolute atomic E-state index is 10.8. The fraction of sp³-hybridized carbons (Fsp3) is 0.300. The van der Waals surface area contributed by atoms with Crippen molar-refractivity contribution in [3.05, 3.63) is 27.7 Å². The predicted molar refractivity (Wildman–Crippen MR) is 57.8 cm³/mol. The number of aliphatic carboxylic acids is 1. The first-order valence-corrected chi connectivity index (χ1v) is 5.34. The molecule has 0 aliphatic carbocycles. The summed E-state index contributed by atoms with van der Waals surface area (Å²) in [6, 6.07) is 2.76. The van der Waals surface area contributed by atoms with Gasteiger partial charge in [-0.1, -0.05) is 15.9 Å². The Labute approximate surface area is 95.1 Å². The van der Waals surface area contributed by atoms with Crippen molar-refractivity contribution in [1.82, 2.24) is 5.32 Å². The summed E-state index contributed by atoms with van der Waals surface area (Å²) in [6.07, 6.45) is 0.389. The van der Waals surface area contributed by atoms with E-state index in [0.717, 1.165) is 15.6 Å². The smallest absolute Gasteiger partial charge is 0.321 e. The lowest BCUT2D eigenvalue weighted by molar-refractivity contribution is -0.139. The zero-order valence-electron chi connectivity index (χ0n) is 7.83. The number of fused-ring (bicyclic) bond motifs is 1. The molecule has 1 aliphatic heterocycles. The van der Waals surface area contributed by atoms with Crippen molar-refractivity contribution in [3.63, 3.8) is 0 Å². The van der Waals surface area contributed by atoms with Crippen molar-refractivity contribution >= 4 is 21.9 Å². The van der Waals surface area contributed by atoms with Gasteiger partial charge in [0.1, 0.15) is 11.8 Å². The highest BCUT2D eigenvalue weighted by atomic mass is 79.9. The monoisotopic (exact) mass is 271 g/mol. The first kappa shape index (κ1) is 10.4. The van der Waals surface area contributed by atoms with Crippen LogP contribution in [-0.4, -0.2) is 22.2 Å². The van der Waals surface area contributed by atoms with Crippen LogP contribution in [0.3, 0.4) is 0 Å². The van der Waals surface area contributed by atoms with Gasteiger partial charge >= 0.3 is 5.97 Å². The van der Waals surface area contributed by atoms with Gasteiger partial charge in [-0.05, 0) is 17.7 Å². The molecule has 0 amide bonds. The summed E-state index contributed by atoms with van der Waals surface area (Å²) < 4.78 is 0.850. The number of nitrogens with one attached hydrogen (secondary N) is 1. The Morgan fingerprint density at radius 3 is 2.87 bits per heavy atom. The van der Waals surface area contributed by atoms with Gasteiger partial charge in [0, 0.05) is 23.0 Å². The van der Waals surface area contributed by atoms with Crippen LogP contribution in [-0.2, 0) is 17.8 Å². The third-order valence-corrected chi connectivity index (χ3v) is 3.32. The molecule has 0 saturated heterocycles. The second kappa shape index (κ2) is 3.83. The van der Waals surface area contributed by atoms with E-state index in [1.165, 1.54) is 0 Å². The molecule has 0 unspecified atom stereocenters. The Balaban J connectivity index is 2.41. The van der Waals surface area contributed by atoms with Gasteiger partial charge in [-0.15, -0.1) is 0 Å². The molecule has 80 valence electrons. The number of aromatic hydroxyl groups is 1. The predicted octanol–water partition coefficient (Wildman–Crippen LogP) is 1.25. The molecule has 1 aromatic rings. The maximum Gasteiger partial charge on any atom is 0.321 e. The summed E-state index contributed by atoms with van der Waals surface area (Å²) in [4.78, 5) is 10.8. The van der Waals surface area contributed by atoms with E-state index in [1.807, 2.05) is 0 Å². The van der Waals surface area contributed by atoms with Gasteiger partial charge in [0.2, 0.25) is 0 Å². The zero-order chi connectivity index (χ0) is 11.0. The normalized spacial score (nSPS) is 19.7. The average molecular weight is 272 g/mol. The number of hydrogen-bond donors (Lipinski definition) is 3. The molecule has 0 spiro atoms. The number of carbonyl (C=O) groups is 1. The largest absolute Gasteiger partial charge is 0.508 e. The SMILES string of the molecule is O=C(O)[C@H]1Cc2c(Br)ccc(O)c2CN1. The van der Waals surface area contributed by atoms with E-state index in [1.54, 1.807) is 12.1 Å². The topological polar surface area (TPSA) is 69.6 Å². The van der Waals surface area contributed by atoms with E-state index in [9.17, 15) is 9.90 Å². The van der Waals surface area contributed by atoms with Crippen molar-refractivity contribution in [2.24, 2.45) is 0 Å². The number of halogens is 1. The Kier molecular flexibility index (Phi) is 2.67. The summed E-state index contributed by atoms with van der Waals surface area (Å²) in [5.41, 5.74) is 1.66. The second-order valence-electron chi connectivity index (χ2n) is 3.50. The molecule has 15 heavy (non-hydrogen) atoms. The standard InChI is InChI=1S/C10H10BrNO3/c11-7-1-2-9(13)6-4-12-8(10(14)15)3-5(6)7/h1-2,8,12-13H,3-4H2,(H,14,15)/t8-/m1/s1. The van der Waals surface area contributed by atoms with Crippen molar-refractivity contribution in [2.75, 3.05) is 0 Å². The number of rotatable bonds is 1. The molecular weight excluding hydrogens is 262 g/mol. The molecule has 3 N–H and O–H groups in total. The van der Waals surface area contributed by atoms with Gasteiger partial charge in [-0.2, -0.15) is 0 Å². The van der Waals surface area contributed by atoms with Crippen LogP contribution >= 0.6 is 15.9 Å². The van der Waals surface area contributed by atoms with E-state index in [2.05, 4.69) is 21.2 Å². The summed E-state index contributed by atoms with van der Waals surface area (Å²) in [5.74, 6) is -0.652. The molecule has 0 aromatic heterocycles. The molecule has 1 aromatic carbocycles. The Bertz CT molecular complexity index is 419. The average Bonchev–Trinajstić information content (AvgIpc) is 2.23. The van der Waals surface area contributed by atoms with Gasteiger partial charge in [-0.3, -0.25) is 10.1 Å². The van der Waals surface area contributed by atoms with E-state index in [-0.39, 0.29) is 5.75 Å². The molecule has 1 aliphatic rings. The minimum absolute atomic E-state index is 0.213. The molecule has 4 nitrogen and oxygen atoms in total. The minimum atomic E-state index is -0.865. The molecule has 2 rings (SSSR count). The third-order valence-electron chi connectivity index (χ3n) is 2.58. The van der Waals surface area contributed by atoms with Gasteiger partial charge in [0.25, 0.3) is 0 Å². The molecule has 0 bridgehead atoms. The third kappa shape index (κ3) is 1.85. The van der Waals surface area contributed by atoms with Crippen LogP contribution in [0.15, 0.2) is 16.6 Å². The number of phenolic OH excluding ortho intramolecular Hbond substituents is 1. The molecular formula is C10H10BrNO3. The number of carboxylic acid groups (broad SMARTS) is 1. The number of benzene rings is 1. The lowest BCUT2D eigenvalue weighted by Gasteiger charge is -2.24. The van der Waals surface area contributed by atoms with E-state index >= 15 is 0 Å². The summed E-state index contributed by atoms with van der Waals surface area (Å²) in [7, 11) is 0. The summed E-state index contributed by atoms with van der Waals surface area (Å²) >= 11 is 3.36. The maximum atomic E-state index is 10.8. The van der Waals surface area contributed by atoms with Crippen LogP contribution in [0.5, 0.6) is 5.75 Å². The van der Waals surface area contributed by atoms with Crippen molar-refractivity contribution in [1.29, 1.82) is 0 Å². The summed E-state index contributed by atoms with van der Waals surface area (Å²) in [5, 5.41) is 21.3. The molecule has 0 radical (unpaired) electrons. The van der Waals surface area contributed by atoms with Crippen molar-refractivity contribution in [2.45, 2.75) is 19.0 Å². The van der Waals surface area contributed by atoms with Crippen molar-refractivity contribution in [3.8, 4) is 5.75 Å². The van der Waals surface area contributed by atoms with Gasteiger partial charge in [0.15, 0.2) is 0 Å². The van der Waals surface area contributed by atoms with Gasteiger partial charge in [-0.25, -0.2) is 0 Å². The highest BCUT2D eigenvalue weighted by molar-refractivity contribution is 9.10. The van der Waals surface area contributed by atoms with Gasteiger partial charge in [0.05, 0.1) is 0 Å². The van der Waals surface area contributed by atoms with Crippen LogP contribution in [0.2, 0.25) is 0 Å². The fourth-order valence-corrected chi connectivity index (χ4v) is 2.28. The van der Waals surface area contributed by atoms with Gasteiger partial charge < -0.3 is 10.2 Å². The molecule has 5 heteroatoms. The molecule has 0 saturated carbocycles. The van der Waals surface area contributed by atoms with Crippen LogP contribution in [0, 0.1) is 0 Å². The zero-order valence-corrected chi connectivity index (χ0v) is 9.41. The van der Waals surface area contributed by atoms with Crippen LogP contribution < -0.4 is 5.32 Å². The highest BCUT2D eigenvalue weighted by Crippen LogP contribution is 2.31. The van der Waals surface area contributed by atoms with E-state index < -0.39 is 12.0 Å². The quantitative estimate of drug-likeness (QED) is 0.719. The molecule has 0 fully saturated rings. The molecule has 1 heterocycles. The minimum Gasteiger partial charge on any atom is -0.508 e. The van der Waals surface area contributed by atoms with Crippen LogP contribution in [0.25, 0.3) is 0 Å². The first-order valence-electron chi connectivity index (χ1n) is 4.55. The fourth-order valence-electron chi connectivity index (χ4n) is 1.75. The number of phenols is 1.